The zero-order valence-corrected chi connectivity index (χ0v) is 10.9. The van der Waals surface area contributed by atoms with Crippen molar-refractivity contribution in [1.82, 2.24) is 9.55 Å². The Hall–Kier alpha value is -2.62. The monoisotopic (exact) mass is 266 g/mol. The van der Waals surface area contributed by atoms with Crippen LogP contribution in [0.2, 0.25) is 0 Å². The van der Waals surface area contributed by atoms with Crippen LogP contribution >= 0.6 is 0 Å². The van der Waals surface area contributed by atoms with Gasteiger partial charge >= 0.3 is 0 Å². The highest BCUT2D eigenvalue weighted by Crippen LogP contribution is 2.17. The lowest BCUT2D eigenvalue weighted by Gasteiger charge is -2.08. The van der Waals surface area contributed by atoms with Crippen LogP contribution in [0.5, 0.6) is 5.75 Å². The fourth-order valence-corrected chi connectivity index (χ4v) is 2.04. The van der Waals surface area contributed by atoms with E-state index in [9.17, 15) is 4.79 Å². The van der Waals surface area contributed by atoms with Crippen LogP contribution in [-0.2, 0) is 6.54 Å². The first kappa shape index (κ1) is 12.4. The maximum Gasteiger partial charge on any atom is 0.250 e. The molecule has 0 saturated heterocycles. The van der Waals surface area contributed by atoms with Gasteiger partial charge in [-0.05, 0) is 18.2 Å². The summed E-state index contributed by atoms with van der Waals surface area (Å²) in [7, 11) is 0. The lowest BCUT2D eigenvalue weighted by Crippen LogP contribution is -2.21. The number of fused-ring (bicyclic) bond motifs is 1. The van der Waals surface area contributed by atoms with Crippen molar-refractivity contribution >= 4 is 10.9 Å². The van der Waals surface area contributed by atoms with E-state index in [0.29, 0.717) is 18.9 Å². The quantitative estimate of drug-likeness (QED) is 0.728. The molecule has 0 radical (unpaired) electrons. The summed E-state index contributed by atoms with van der Waals surface area (Å²) in [6.45, 7) is 0.955. The highest BCUT2D eigenvalue weighted by Gasteiger charge is 1.99. The van der Waals surface area contributed by atoms with Gasteiger partial charge in [-0.25, -0.2) is 0 Å². The third-order valence-corrected chi connectivity index (χ3v) is 3.07. The number of nitrogens with zero attached hydrogens (tertiary/aromatic N) is 2. The molecule has 2 heterocycles. The van der Waals surface area contributed by atoms with Crippen molar-refractivity contribution in [2.45, 2.75) is 6.54 Å². The van der Waals surface area contributed by atoms with E-state index in [1.54, 1.807) is 23.0 Å². The minimum absolute atomic E-state index is 0.0206. The Bertz CT molecular complexity index is 780. The Morgan fingerprint density at radius 3 is 2.85 bits per heavy atom. The number of para-hydroxylation sites is 1. The number of pyridine rings is 2. The van der Waals surface area contributed by atoms with Gasteiger partial charge in [0.2, 0.25) is 0 Å². The molecule has 4 heteroatoms. The summed E-state index contributed by atoms with van der Waals surface area (Å²) in [5.41, 5.74) is 0.923. The Balaban J connectivity index is 1.68. The predicted molar refractivity (Wildman–Crippen MR) is 77.9 cm³/mol. The maximum atomic E-state index is 11.5. The van der Waals surface area contributed by atoms with Crippen molar-refractivity contribution in [3.05, 3.63) is 71.3 Å². The lowest BCUT2D eigenvalue weighted by atomic mass is 10.2. The lowest BCUT2D eigenvalue weighted by molar-refractivity contribution is 0.296. The van der Waals surface area contributed by atoms with E-state index < -0.39 is 0 Å². The van der Waals surface area contributed by atoms with Crippen molar-refractivity contribution in [3.63, 3.8) is 0 Å². The molecule has 0 amide bonds. The van der Waals surface area contributed by atoms with Crippen LogP contribution in [-0.4, -0.2) is 16.2 Å². The van der Waals surface area contributed by atoms with E-state index in [-0.39, 0.29) is 5.56 Å². The number of ether oxygens (including phenoxy) is 1. The first-order chi connectivity index (χ1) is 9.83. The molecule has 0 N–H and O–H groups in total. The summed E-state index contributed by atoms with van der Waals surface area (Å²) in [5, 5.41) is 1.04. The van der Waals surface area contributed by atoms with Crippen LogP contribution in [0.15, 0.2) is 65.7 Å². The van der Waals surface area contributed by atoms with Crippen LogP contribution in [0.4, 0.5) is 0 Å². The predicted octanol–water partition coefficient (Wildman–Crippen LogP) is 2.48. The second-order valence-electron chi connectivity index (χ2n) is 4.44. The van der Waals surface area contributed by atoms with Gasteiger partial charge in [-0.3, -0.25) is 9.78 Å². The third-order valence-electron chi connectivity index (χ3n) is 3.07. The van der Waals surface area contributed by atoms with Crippen molar-refractivity contribution in [1.29, 1.82) is 0 Å². The van der Waals surface area contributed by atoms with Gasteiger partial charge in [0, 0.05) is 17.6 Å². The standard InChI is InChI=1S/C16H14N2O2/c19-16-7-3-4-8-18(16)9-10-20-14-11-13-5-1-2-6-15(13)17-12-14/h1-8,11-12H,9-10H2. The van der Waals surface area contributed by atoms with Gasteiger partial charge in [-0.2, -0.15) is 0 Å². The Labute approximate surface area is 116 Å². The van der Waals surface area contributed by atoms with Crippen LogP contribution in [0, 0.1) is 0 Å². The molecule has 0 unspecified atom stereocenters. The zero-order valence-electron chi connectivity index (χ0n) is 10.9. The summed E-state index contributed by atoms with van der Waals surface area (Å²) in [6, 6.07) is 14.9. The van der Waals surface area contributed by atoms with E-state index in [2.05, 4.69) is 4.98 Å². The molecule has 3 aromatic rings. The topological polar surface area (TPSA) is 44.1 Å². The van der Waals surface area contributed by atoms with E-state index in [4.69, 9.17) is 4.74 Å². The first-order valence-electron chi connectivity index (χ1n) is 6.46. The van der Waals surface area contributed by atoms with Gasteiger partial charge in [0.05, 0.1) is 18.3 Å². The fourth-order valence-electron chi connectivity index (χ4n) is 2.04. The second kappa shape index (κ2) is 5.57. The van der Waals surface area contributed by atoms with Crippen LogP contribution < -0.4 is 10.3 Å². The molecule has 1 aromatic carbocycles. The zero-order chi connectivity index (χ0) is 13.8. The van der Waals surface area contributed by atoms with Crippen molar-refractivity contribution < 1.29 is 4.74 Å². The van der Waals surface area contributed by atoms with E-state index in [1.807, 2.05) is 36.4 Å². The Morgan fingerprint density at radius 1 is 1.10 bits per heavy atom. The minimum Gasteiger partial charge on any atom is -0.490 e. The SMILES string of the molecule is O=c1ccccn1CCOc1cnc2ccccc2c1. The highest BCUT2D eigenvalue weighted by molar-refractivity contribution is 5.79. The molecule has 0 bridgehead atoms. The number of hydrogen-bond donors (Lipinski definition) is 0. The molecular weight excluding hydrogens is 252 g/mol. The van der Waals surface area contributed by atoms with Crippen molar-refractivity contribution in [2.24, 2.45) is 0 Å². The van der Waals surface area contributed by atoms with E-state index >= 15 is 0 Å². The van der Waals surface area contributed by atoms with Crippen LogP contribution in [0.1, 0.15) is 0 Å². The summed E-state index contributed by atoms with van der Waals surface area (Å²) in [5.74, 6) is 0.715. The molecule has 0 aliphatic heterocycles. The molecule has 0 aliphatic rings. The molecule has 4 nitrogen and oxygen atoms in total. The Kier molecular flexibility index (Phi) is 3.46. The Morgan fingerprint density at radius 2 is 1.95 bits per heavy atom. The average molecular weight is 266 g/mol. The maximum absolute atomic E-state index is 11.5. The molecule has 0 fully saturated rings. The van der Waals surface area contributed by atoms with Gasteiger partial charge in [0.15, 0.2) is 0 Å². The number of hydrogen-bond acceptors (Lipinski definition) is 3. The van der Waals surface area contributed by atoms with Gasteiger partial charge < -0.3 is 9.30 Å². The number of benzene rings is 1. The van der Waals surface area contributed by atoms with Gasteiger partial charge in [-0.1, -0.05) is 24.3 Å². The third kappa shape index (κ3) is 2.69. The molecule has 0 spiro atoms. The number of aromatic nitrogens is 2. The smallest absolute Gasteiger partial charge is 0.250 e. The van der Waals surface area contributed by atoms with E-state index in [1.165, 1.54) is 6.07 Å². The number of rotatable bonds is 4. The molecule has 20 heavy (non-hydrogen) atoms. The molecule has 100 valence electrons. The van der Waals surface area contributed by atoms with E-state index in [0.717, 1.165) is 10.9 Å². The van der Waals surface area contributed by atoms with Crippen molar-refractivity contribution in [3.8, 4) is 5.75 Å². The summed E-state index contributed by atoms with van der Waals surface area (Å²) in [6.07, 6.45) is 3.46. The summed E-state index contributed by atoms with van der Waals surface area (Å²) >= 11 is 0. The molecule has 0 aliphatic carbocycles. The summed E-state index contributed by atoms with van der Waals surface area (Å²) in [4.78, 5) is 15.9. The molecule has 2 aromatic heterocycles. The summed E-state index contributed by atoms with van der Waals surface area (Å²) < 4.78 is 7.27. The minimum atomic E-state index is -0.0206. The van der Waals surface area contributed by atoms with Gasteiger partial charge in [0.1, 0.15) is 12.4 Å². The molecule has 0 saturated carbocycles. The highest BCUT2D eigenvalue weighted by atomic mass is 16.5. The largest absolute Gasteiger partial charge is 0.490 e. The molecule has 3 rings (SSSR count). The second-order valence-corrected chi connectivity index (χ2v) is 4.44. The average Bonchev–Trinajstić information content (AvgIpc) is 2.49. The van der Waals surface area contributed by atoms with Crippen LogP contribution in [0.25, 0.3) is 10.9 Å². The molecular formula is C16H14N2O2. The van der Waals surface area contributed by atoms with Crippen molar-refractivity contribution in [2.75, 3.05) is 6.61 Å². The normalized spacial score (nSPS) is 10.6. The van der Waals surface area contributed by atoms with Crippen LogP contribution in [0.3, 0.4) is 0 Å². The fraction of sp³-hybridized carbons (Fsp3) is 0.125. The first-order valence-corrected chi connectivity index (χ1v) is 6.46. The van der Waals surface area contributed by atoms with Gasteiger partial charge in [0.25, 0.3) is 5.56 Å². The van der Waals surface area contributed by atoms with Gasteiger partial charge in [-0.15, -0.1) is 0 Å². The molecule has 0 atom stereocenters.